The molecule has 0 N–H and O–H groups in total. The largest absolute Gasteiger partial charge is 0.361 e. The Balaban J connectivity index is 0.000000189. The van der Waals surface area contributed by atoms with Gasteiger partial charge in [-0.3, -0.25) is 9.59 Å². The van der Waals surface area contributed by atoms with Gasteiger partial charge in [-0.25, -0.2) is 0 Å². The predicted molar refractivity (Wildman–Crippen MR) is 108 cm³/mol. The van der Waals surface area contributed by atoms with Crippen LogP contribution in [0, 0.1) is 0 Å². The number of halogens is 2. The van der Waals surface area contributed by atoms with Crippen LogP contribution in [-0.4, -0.2) is 22.6 Å². The molecule has 4 nitrogen and oxygen atoms in total. The molecule has 0 atom stereocenters. The number of aryl methyl sites for hydroxylation is 1. The molecule has 134 valence electrons. The van der Waals surface area contributed by atoms with Crippen LogP contribution in [0.3, 0.4) is 0 Å². The van der Waals surface area contributed by atoms with Gasteiger partial charge in [0.2, 0.25) is 5.78 Å². The lowest BCUT2D eigenvalue weighted by Crippen LogP contribution is -2.13. The van der Waals surface area contributed by atoms with E-state index in [0.29, 0.717) is 31.5 Å². The molecule has 1 aliphatic carbocycles. The minimum absolute atomic E-state index is 0.178. The third-order valence-corrected chi connectivity index (χ3v) is 5.57. The van der Waals surface area contributed by atoms with Crippen molar-refractivity contribution in [2.24, 2.45) is 0 Å². The van der Waals surface area contributed by atoms with Crippen LogP contribution in [-0.2, 0) is 28.9 Å². The van der Waals surface area contributed by atoms with Gasteiger partial charge in [0.25, 0.3) is 0 Å². The summed E-state index contributed by atoms with van der Waals surface area (Å²) in [6, 6.07) is 13.8. The maximum absolute atomic E-state index is 11.1. The Hall–Kier alpha value is -1.88. The van der Waals surface area contributed by atoms with Crippen molar-refractivity contribution in [3.8, 4) is 0 Å². The van der Waals surface area contributed by atoms with Gasteiger partial charge in [-0.1, -0.05) is 62.2 Å². The smallest absolute Gasteiger partial charge is 0.323 e. The van der Waals surface area contributed by atoms with Gasteiger partial charge in [0.1, 0.15) is 5.78 Å². The van der Waals surface area contributed by atoms with E-state index in [1.54, 1.807) is 0 Å². The number of hydrogen-bond donors (Lipinski definition) is 0. The van der Waals surface area contributed by atoms with E-state index in [0.717, 1.165) is 27.1 Å². The average Bonchev–Trinajstić information content (AvgIpc) is 2.62. The maximum atomic E-state index is 11.1. The average molecular weight is 478 g/mol. The highest BCUT2D eigenvalue weighted by Crippen LogP contribution is 2.26. The number of Topliss-reactive ketones (excluding diaryl/α,β-unsaturated/α-hetero) is 2. The number of carbonyl (C=O) groups excluding carboxylic acids is 2. The fourth-order valence-corrected chi connectivity index (χ4v) is 3.79. The van der Waals surface area contributed by atoms with Gasteiger partial charge in [0.15, 0.2) is 0 Å². The first kappa shape index (κ1) is 20.4. The van der Waals surface area contributed by atoms with Crippen LogP contribution in [0.2, 0.25) is 0 Å². The topological polar surface area (TPSA) is 70.5 Å². The number of carbonyl (C=O) groups is 2. The van der Waals surface area contributed by atoms with Gasteiger partial charge in [0.05, 0.1) is 0 Å². The lowest BCUT2D eigenvalue weighted by Gasteiger charge is -2.15. The minimum atomic E-state index is -0.178. The first-order valence-corrected chi connectivity index (χ1v) is 9.81. The summed E-state index contributed by atoms with van der Waals surface area (Å²) < 4.78 is 2.14. The summed E-state index contributed by atoms with van der Waals surface area (Å²) >= 11 is 6.88. The van der Waals surface area contributed by atoms with Crippen LogP contribution >= 0.6 is 31.9 Å². The van der Waals surface area contributed by atoms with Gasteiger partial charge in [-0.15, -0.1) is 0 Å². The zero-order valence-corrected chi connectivity index (χ0v) is 17.3. The Bertz CT molecular complexity index is 859. The Morgan fingerprint density at radius 1 is 1.08 bits per heavy atom. The molecule has 0 radical (unpaired) electrons. The van der Waals surface area contributed by atoms with E-state index >= 15 is 0 Å². The molecule has 6 heteroatoms. The molecule has 0 bridgehead atoms. The van der Waals surface area contributed by atoms with E-state index in [-0.39, 0.29) is 5.78 Å². The predicted octanol–water partition coefficient (Wildman–Crippen LogP) is 4.76. The molecule has 1 aliphatic rings. The van der Waals surface area contributed by atoms with Crippen LogP contribution in [0.1, 0.15) is 29.5 Å². The fraction of sp³-hybridized carbons (Fsp3) is 0.250. The van der Waals surface area contributed by atoms with Crippen LogP contribution in [0.25, 0.3) is 5.53 Å². The SMILES string of the molecule is O=C1CCc2c(Br)cccc2C1.[N-]=[N+]=CC(=O)CCc1ccccc1Br. The summed E-state index contributed by atoms with van der Waals surface area (Å²) in [6.07, 6.45) is 4.15. The molecule has 0 amide bonds. The van der Waals surface area contributed by atoms with Gasteiger partial charge in [-0.05, 0) is 41.7 Å². The van der Waals surface area contributed by atoms with Crippen LogP contribution in [0.5, 0.6) is 0 Å². The molecule has 2 aromatic rings. The standard InChI is InChI=1S/C10H9BrN2O.C10H9BrO/c11-10-4-2-1-3-8(10)5-6-9(14)7-13-12;11-10-3-1-2-7-6-8(12)4-5-9(7)10/h1-4,7H,5-6H2;1-3H,4-6H2. The highest BCUT2D eigenvalue weighted by molar-refractivity contribution is 9.10. The molecule has 0 spiro atoms. The molecule has 0 heterocycles. The monoisotopic (exact) mass is 476 g/mol. The van der Waals surface area contributed by atoms with E-state index in [2.05, 4.69) is 36.6 Å². The lowest BCUT2D eigenvalue weighted by molar-refractivity contribution is -0.118. The Morgan fingerprint density at radius 3 is 2.54 bits per heavy atom. The zero-order chi connectivity index (χ0) is 18.9. The normalized spacial score (nSPS) is 12.3. The third kappa shape index (κ3) is 6.13. The Labute approximate surface area is 169 Å². The molecule has 0 aliphatic heterocycles. The van der Waals surface area contributed by atoms with Crippen molar-refractivity contribution in [2.75, 3.05) is 0 Å². The van der Waals surface area contributed by atoms with E-state index in [4.69, 9.17) is 5.53 Å². The number of ketones is 2. The van der Waals surface area contributed by atoms with Crippen LogP contribution in [0.15, 0.2) is 51.4 Å². The second kappa shape index (κ2) is 10.3. The minimum Gasteiger partial charge on any atom is -0.361 e. The zero-order valence-electron chi connectivity index (χ0n) is 14.1. The highest BCUT2D eigenvalue weighted by atomic mass is 79.9. The molecule has 3 rings (SSSR count). The molecule has 2 aromatic carbocycles. The van der Waals surface area contributed by atoms with Crippen molar-refractivity contribution in [3.63, 3.8) is 0 Å². The van der Waals surface area contributed by atoms with E-state index in [9.17, 15) is 9.59 Å². The fourth-order valence-electron chi connectivity index (χ4n) is 2.70. The number of rotatable bonds is 4. The van der Waals surface area contributed by atoms with Crippen LogP contribution in [0.4, 0.5) is 0 Å². The summed E-state index contributed by atoms with van der Waals surface area (Å²) in [5, 5.41) is 0. The molecular weight excluding hydrogens is 460 g/mol. The van der Waals surface area contributed by atoms with E-state index in [1.807, 2.05) is 42.5 Å². The maximum Gasteiger partial charge on any atom is 0.323 e. The van der Waals surface area contributed by atoms with Gasteiger partial charge in [-0.2, -0.15) is 4.79 Å². The van der Waals surface area contributed by atoms with Crippen molar-refractivity contribution >= 4 is 49.6 Å². The van der Waals surface area contributed by atoms with Crippen LogP contribution < -0.4 is 0 Å². The van der Waals surface area contributed by atoms with Gasteiger partial charge < -0.3 is 5.53 Å². The molecular formula is C20H18Br2N2O2. The Morgan fingerprint density at radius 2 is 1.81 bits per heavy atom. The third-order valence-electron chi connectivity index (χ3n) is 4.06. The second-order valence-electron chi connectivity index (χ2n) is 5.90. The van der Waals surface area contributed by atoms with Gasteiger partial charge in [0, 0.05) is 28.2 Å². The number of fused-ring (bicyclic) bond motifs is 1. The van der Waals surface area contributed by atoms with Crippen molar-refractivity contribution in [2.45, 2.75) is 32.1 Å². The molecule has 0 saturated carbocycles. The quantitative estimate of drug-likeness (QED) is 0.362. The van der Waals surface area contributed by atoms with E-state index < -0.39 is 0 Å². The summed E-state index contributed by atoms with van der Waals surface area (Å²) in [5.74, 6) is 0.184. The summed E-state index contributed by atoms with van der Waals surface area (Å²) in [5.41, 5.74) is 11.7. The lowest BCUT2D eigenvalue weighted by atomic mass is 9.91. The summed E-state index contributed by atoms with van der Waals surface area (Å²) in [4.78, 5) is 24.8. The molecule has 0 unspecified atom stereocenters. The molecule has 0 aromatic heterocycles. The van der Waals surface area contributed by atoms with Crippen molar-refractivity contribution < 1.29 is 14.4 Å². The van der Waals surface area contributed by atoms with Gasteiger partial charge >= 0.3 is 6.21 Å². The first-order valence-electron chi connectivity index (χ1n) is 8.23. The molecule has 0 saturated heterocycles. The summed E-state index contributed by atoms with van der Waals surface area (Å²) in [6.45, 7) is 0. The number of nitrogens with zero attached hydrogens (tertiary/aromatic N) is 2. The first-order chi connectivity index (χ1) is 12.5. The van der Waals surface area contributed by atoms with E-state index in [1.165, 1.54) is 11.1 Å². The van der Waals surface area contributed by atoms with Crippen molar-refractivity contribution in [1.82, 2.24) is 0 Å². The number of hydrogen-bond acceptors (Lipinski definition) is 2. The summed E-state index contributed by atoms with van der Waals surface area (Å²) in [7, 11) is 0. The Kier molecular flexibility index (Phi) is 8.10. The molecule has 26 heavy (non-hydrogen) atoms. The second-order valence-corrected chi connectivity index (χ2v) is 7.60. The highest BCUT2D eigenvalue weighted by Gasteiger charge is 2.16. The number of benzene rings is 2. The molecule has 0 fully saturated rings. The van der Waals surface area contributed by atoms with Crippen molar-refractivity contribution in [1.29, 1.82) is 0 Å². The van der Waals surface area contributed by atoms with Crippen molar-refractivity contribution in [3.05, 3.63) is 73.6 Å².